The van der Waals surface area contributed by atoms with Crippen LogP contribution in [0.3, 0.4) is 0 Å². The summed E-state index contributed by atoms with van der Waals surface area (Å²) in [5, 5.41) is 9.67. The van der Waals surface area contributed by atoms with Gasteiger partial charge in [-0.15, -0.1) is 0 Å². The lowest BCUT2D eigenvalue weighted by molar-refractivity contribution is -0.158. The molecule has 104 valence electrons. The third-order valence-corrected chi connectivity index (χ3v) is 3.54. The number of rotatable bonds is 4. The maximum Gasteiger partial charge on any atom is 0.318 e. The molecule has 1 amide bonds. The number of carbonyl (C=O) groups is 2. The minimum atomic E-state index is -1.44. The van der Waals surface area contributed by atoms with Crippen LogP contribution in [0, 0.1) is 5.41 Å². The Balaban J connectivity index is 2.97. The molecule has 1 atom stereocenters. The molecule has 0 aromatic heterocycles. The van der Waals surface area contributed by atoms with E-state index in [2.05, 4.69) is 0 Å². The predicted octanol–water partition coefficient (Wildman–Crippen LogP) is 2.97. The van der Waals surface area contributed by atoms with Crippen LogP contribution in [0.2, 0.25) is 5.02 Å². The van der Waals surface area contributed by atoms with Crippen LogP contribution in [-0.2, 0) is 9.59 Å². The number of amides is 1. The lowest BCUT2D eigenvalue weighted by Crippen LogP contribution is -2.44. The summed E-state index contributed by atoms with van der Waals surface area (Å²) in [7, 11) is 1.60. The maximum absolute atomic E-state index is 12.2. The zero-order valence-electron chi connectivity index (χ0n) is 11.5. The molecule has 4 nitrogen and oxygen atoms in total. The van der Waals surface area contributed by atoms with Gasteiger partial charge in [-0.25, -0.2) is 0 Å². The molecule has 1 rings (SSSR count). The fourth-order valence-electron chi connectivity index (χ4n) is 1.70. The van der Waals surface area contributed by atoms with E-state index in [1.165, 1.54) is 18.7 Å². The van der Waals surface area contributed by atoms with Gasteiger partial charge in [0.1, 0.15) is 5.41 Å². The molecular formula is C14H18ClNO3. The first-order valence-corrected chi connectivity index (χ1v) is 6.32. The van der Waals surface area contributed by atoms with Crippen molar-refractivity contribution in [2.45, 2.75) is 26.8 Å². The second kappa shape index (κ2) is 5.61. The summed E-state index contributed by atoms with van der Waals surface area (Å²) < 4.78 is 0. The van der Waals surface area contributed by atoms with Gasteiger partial charge in [0.15, 0.2) is 0 Å². The van der Waals surface area contributed by atoms with Gasteiger partial charge in [-0.3, -0.25) is 9.59 Å². The molecule has 0 aliphatic heterocycles. The summed E-state index contributed by atoms with van der Waals surface area (Å²) in [6.45, 7) is 4.64. The van der Waals surface area contributed by atoms with Crippen LogP contribution in [0.4, 0.5) is 0 Å². The molecule has 5 heteroatoms. The van der Waals surface area contributed by atoms with Crippen molar-refractivity contribution in [1.82, 2.24) is 4.90 Å². The van der Waals surface area contributed by atoms with Gasteiger partial charge in [-0.05, 0) is 38.5 Å². The minimum absolute atomic E-state index is 0.246. The molecule has 1 aromatic carbocycles. The Bertz CT molecular complexity index is 499. The van der Waals surface area contributed by atoms with Crippen LogP contribution in [-0.4, -0.2) is 28.9 Å². The zero-order chi connectivity index (χ0) is 14.8. The maximum atomic E-state index is 12.2. The summed E-state index contributed by atoms with van der Waals surface area (Å²) in [6.07, 6.45) is 0. The standard InChI is InChI=1S/C14H18ClNO3/c1-9(10-6-5-7-11(15)8-10)16(4)12(17)14(2,3)13(18)19/h5-9H,1-4H3,(H,18,19). The highest BCUT2D eigenvalue weighted by Gasteiger charge is 2.39. The first kappa shape index (κ1) is 15.5. The fraction of sp³-hybridized carbons (Fsp3) is 0.429. The molecule has 1 N–H and O–H groups in total. The van der Waals surface area contributed by atoms with Crippen molar-refractivity contribution >= 4 is 23.5 Å². The first-order valence-electron chi connectivity index (χ1n) is 5.94. The summed E-state index contributed by atoms with van der Waals surface area (Å²) in [6, 6.07) is 6.93. The molecule has 0 aliphatic carbocycles. The van der Waals surface area contributed by atoms with Gasteiger partial charge in [0.25, 0.3) is 0 Å². The van der Waals surface area contributed by atoms with Crippen LogP contribution in [0.5, 0.6) is 0 Å². The molecule has 0 heterocycles. The van der Waals surface area contributed by atoms with Gasteiger partial charge in [0.05, 0.1) is 6.04 Å². The van der Waals surface area contributed by atoms with Crippen LogP contribution >= 0.6 is 11.6 Å². The smallest absolute Gasteiger partial charge is 0.318 e. The highest BCUT2D eigenvalue weighted by molar-refractivity contribution is 6.30. The van der Waals surface area contributed by atoms with E-state index in [1.807, 2.05) is 13.0 Å². The number of aliphatic carboxylic acids is 1. The van der Waals surface area contributed by atoms with E-state index in [0.29, 0.717) is 5.02 Å². The number of hydrogen-bond donors (Lipinski definition) is 1. The lowest BCUT2D eigenvalue weighted by atomic mass is 9.91. The quantitative estimate of drug-likeness (QED) is 0.864. The topological polar surface area (TPSA) is 57.6 Å². The molecule has 19 heavy (non-hydrogen) atoms. The number of nitrogens with zero attached hydrogens (tertiary/aromatic N) is 1. The van der Waals surface area contributed by atoms with Gasteiger partial charge >= 0.3 is 5.97 Å². The number of carbonyl (C=O) groups excluding carboxylic acids is 1. The normalized spacial score (nSPS) is 12.9. The highest BCUT2D eigenvalue weighted by atomic mass is 35.5. The lowest BCUT2D eigenvalue weighted by Gasteiger charge is -2.31. The van der Waals surface area contributed by atoms with Crippen molar-refractivity contribution in [3.05, 3.63) is 34.9 Å². The average molecular weight is 284 g/mol. The van der Waals surface area contributed by atoms with Crippen LogP contribution in [0.25, 0.3) is 0 Å². The SMILES string of the molecule is CC(c1cccc(Cl)c1)N(C)C(=O)C(C)(C)C(=O)O. The molecule has 0 saturated heterocycles. The van der Waals surface area contributed by atoms with E-state index in [-0.39, 0.29) is 6.04 Å². The van der Waals surface area contributed by atoms with Crippen molar-refractivity contribution in [3.63, 3.8) is 0 Å². The van der Waals surface area contributed by atoms with Gasteiger partial charge < -0.3 is 10.0 Å². The number of benzene rings is 1. The van der Waals surface area contributed by atoms with E-state index in [1.54, 1.807) is 25.2 Å². The van der Waals surface area contributed by atoms with E-state index < -0.39 is 17.3 Å². The Morgan fingerprint density at radius 3 is 2.42 bits per heavy atom. The van der Waals surface area contributed by atoms with E-state index >= 15 is 0 Å². The molecule has 0 fully saturated rings. The molecule has 0 radical (unpaired) electrons. The van der Waals surface area contributed by atoms with Crippen molar-refractivity contribution in [2.24, 2.45) is 5.41 Å². The number of halogens is 1. The molecule has 0 saturated carbocycles. The summed E-state index contributed by atoms with van der Waals surface area (Å²) in [4.78, 5) is 24.8. The molecular weight excluding hydrogens is 266 g/mol. The van der Waals surface area contributed by atoms with Crippen LogP contribution in [0.15, 0.2) is 24.3 Å². The van der Waals surface area contributed by atoms with Crippen LogP contribution < -0.4 is 0 Å². The van der Waals surface area contributed by atoms with Crippen LogP contribution in [0.1, 0.15) is 32.4 Å². The average Bonchev–Trinajstić information content (AvgIpc) is 2.35. The third-order valence-electron chi connectivity index (χ3n) is 3.30. The Hall–Kier alpha value is -1.55. The van der Waals surface area contributed by atoms with E-state index in [0.717, 1.165) is 5.56 Å². The minimum Gasteiger partial charge on any atom is -0.480 e. The number of carboxylic acid groups (broad SMARTS) is 1. The molecule has 1 unspecified atom stereocenters. The Labute approximate surface area is 118 Å². The van der Waals surface area contributed by atoms with Gasteiger partial charge in [0, 0.05) is 12.1 Å². The Kier molecular flexibility index (Phi) is 4.58. The van der Waals surface area contributed by atoms with Gasteiger partial charge in [-0.2, -0.15) is 0 Å². The van der Waals surface area contributed by atoms with Gasteiger partial charge in [0.2, 0.25) is 5.91 Å². The van der Waals surface area contributed by atoms with E-state index in [4.69, 9.17) is 16.7 Å². The van der Waals surface area contributed by atoms with Gasteiger partial charge in [-0.1, -0.05) is 23.7 Å². The van der Waals surface area contributed by atoms with Crippen molar-refractivity contribution in [3.8, 4) is 0 Å². The van der Waals surface area contributed by atoms with Crippen molar-refractivity contribution < 1.29 is 14.7 Å². The second-order valence-corrected chi connectivity index (χ2v) is 5.51. The molecule has 0 spiro atoms. The first-order chi connectivity index (χ1) is 8.67. The van der Waals surface area contributed by atoms with Crippen molar-refractivity contribution in [2.75, 3.05) is 7.05 Å². The molecule has 1 aromatic rings. The van der Waals surface area contributed by atoms with Crippen molar-refractivity contribution in [1.29, 1.82) is 0 Å². The zero-order valence-corrected chi connectivity index (χ0v) is 12.2. The molecule has 0 bridgehead atoms. The number of hydrogen-bond acceptors (Lipinski definition) is 2. The summed E-state index contributed by atoms with van der Waals surface area (Å²) >= 11 is 5.92. The number of carboxylic acids is 1. The van der Waals surface area contributed by atoms with E-state index in [9.17, 15) is 9.59 Å². The largest absolute Gasteiger partial charge is 0.480 e. The summed E-state index contributed by atoms with van der Waals surface area (Å²) in [5.41, 5.74) is -0.578. The second-order valence-electron chi connectivity index (χ2n) is 5.08. The molecule has 0 aliphatic rings. The third kappa shape index (κ3) is 3.26. The summed E-state index contributed by atoms with van der Waals surface area (Å²) in [5.74, 6) is -1.57. The highest BCUT2D eigenvalue weighted by Crippen LogP contribution is 2.27. The predicted molar refractivity (Wildman–Crippen MR) is 74.1 cm³/mol. The monoisotopic (exact) mass is 283 g/mol. The Morgan fingerprint density at radius 2 is 1.95 bits per heavy atom. The fourth-order valence-corrected chi connectivity index (χ4v) is 1.90. The Morgan fingerprint density at radius 1 is 1.37 bits per heavy atom.